The molecule has 10 nitrogen and oxygen atoms in total. The minimum Gasteiger partial charge on any atom is -0.368 e. The van der Waals surface area contributed by atoms with Crippen molar-refractivity contribution in [2.45, 2.75) is 13.8 Å². The van der Waals surface area contributed by atoms with Crippen LogP contribution in [0.5, 0.6) is 0 Å². The average Bonchev–Trinajstić information content (AvgIpc) is 2.90. The number of nitro groups is 1. The minimum absolute atomic E-state index is 0.0792. The number of nitrogens with two attached hydrogens (primary N) is 1. The van der Waals surface area contributed by atoms with Crippen LogP contribution in [0.2, 0.25) is 0 Å². The fraction of sp³-hybridized carbons (Fsp3) is 0.125. The molecule has 0 atom stereocenters. The number of anilines is 2. The zero-order valence-corrected chi connectivity index (χ0v) is 14.1. The lowest BCUT2D eigenvalue weighted by atomic mass is 10.2. The molecule has 10 heteroatoms. The summed E-state index contributed by atoms with van der Waals surface area (Å²) in [5.41, 5.74) is 11.1. The van der Waals surface area contributed by atoms with Gasteiger partial charge in [-0.05, 0) is 26.0 Å². The molecule has 1 aromatic carbocycles. The summed E-state index contributed by atoms with van der Waals surface area (Å²) in [7, 11) is 0. The first kappa shape index (κ1) is 17.0. The number of rotatable bonds is 5. The van der Waals surface area contributed by atoms with Crippen molar-refractivity contribution in [2.24, 2.45) is 5.10 Å². The second-order valence-electron chi connectivity index (χ2n) is 5.42. The van der Waals surface area contributed by atoms with Crippen LogP contribution in [0.25, 0.3) is 5.69 Å². The summed E-state index contributed by atoms with van der Waals surface area (Å²) in [5.74, 6) is -0.165. The largest absolute Gasteiger partial charge is 0.368 e. The SMILES string of the molecule is Cc1nn(-c2ccccc2)c(C)c1C=NNc1nc(N)ncc1[N+](=O)[O-]. The molecule has 0 amide bonds. The van der Waals surface area contributed by atoms with Gasteiger partial charge in [0.2, 0.25) is 11.8 Å². The van der Waals surface area contributed by atoms with E-state index >= 15 is 0 Å². The van der Waals surface area contributed by atoms with E-state index < -0.39 is 4.92 Å². The third kappa shape index (κ3) is 3.34. The highest BCUT2D eigenvalue weighted by Gasteiger charge is 2.16. The number of hydrogen-bond donors (Lipinski definition) is 2. The molecule has 0 saturated carbocycles. The Labute approximate surface area is 148 Å². The summed E-state index contributed by atoms with van der Waals surface area (Å²) in [6, 6.07) is 9.69. The van der Waals surface area contributed by atoms with Gasteiger partial charge >= 0.3 is 5.69 Å². The Morgan fingerprint density at radius 2 is 2.04 bits per heavy atom. The van der Waals surface area contributed by atoms with Crippen molar-refractivity contribution in [3.8, 4) is 5.69 Å². The molecular formula is C16H16N8O2. The maximum atomic E-state index is 11.0. The number of nitrogens with one attached hydrogen (secondary N) is 1. The standard InChI is InChI=1S/C16H16N8O2/c1-10-13(11(2)23(22-10)12-6-4-3-5-7-12)8-19-21-15-14(24(25)26)9-18-16(17)20-15/h3-9H,1-2H3,(H3,17,18,20,21). The fourth-order valence-electron chi connectivity index (χ4n) is 2.43. The number of nitrogen functional groups attached to an aromatic ring is 1. The van der Waals surface area contributed by atoms with Crippen LogP contribution in [-0.2, 0) is 0 Å². The predicted octanol–water partition coefficient (Wildman–Crippen LogP) is 2.22. The lowest BCUT2D eigenvalue weighted by molar-refractivity contribution is -0.384. The van der Waals surface area contributed by atoms with Gasteiger partial charge in [0, 0.05) is 5.56 Å². The second kappa shape index (κ2) is 6.97. The minimum atomic E-state index is -0.610. The van der Waals surface area contributed by atoms with E-state index in [2.05, 4.69) is 25.6 Å². The molecule has 2 aromatic heterocycles. The Morgan fingerprint density at radius 1 is 1.31 bits per heavy atom. The number of hydrogen-bond acceptors (Lipinski definition) is 8. The van der Waals surface area contributed by atoms with E-state index in [0.717, 1.165) is 28.8 Å². The van der Waals surface area contributed by atoms with Crippen LogP contribution in [-0.4, -0.2) is 30.9 Å². The maximum absolute atomic E-state index is 11.0. The van der Waals surface area contributed by atoms with E-state index in [9.17, 15) is 10.1 Å². The molecule has 0 bridgehead atoms. The van der Waals surface area contributed by atoms with Crippen LogP contribution in [0.4, 0.5) is 17.5 Å². The first-order valence-electron chi connectivity index (χ1n) is 7.65. The molecule has 0 aliphatic carbocycles. The monoisotopic (exact) mass is 352 g/mol. The lowest BCUT2D eigenvalue weighted by Crippen LogP contribution is -2.04. The Kier molecular flexibility index (Phi) is 4.56. The molecule has 26 heavy (non-hydrogen) atoms. The first-order chi connectivity index (χ1) is 12.5. The van der Waals surface area contributed by atoms with Crippen molar-refractivity contribution in [3.63, 3.8) is 0 Å². The number of benzene rings is 1. The molecule has 3 N–H and O–H groups in total. The molecule has 0 spiro atoms. The maximum Gasteiger partial charge on any atom is 0.331 e. The first-order valence-corrected chi connectivity index (χ1v) is 7.65. The Hall–Kier alpha value is -3.82. The van der Waals surface area contributed by atoms with E-state index in [1.54, 1.807) is 6.21 Å². The van der Waals surface area contributed by atoms with E-state index in [1.807, 2.05) is 48.9 Å². The fourth-order valence-corrected chi connectivity index (χ4v) is 2.43. The molecule has 0 saturated heterocycles. The van der Waals surface area contributed by atoms with Gasteiger partial charge in [0.15, 0.2) is 0 Å². The van der Waals surface area contributed by atoms with Gasteiger partial charge in [0.1, 0.15) is 6.20 Å². The highest BCUT2D eigenvalue weighted by atomic mass is 16.6. The van der Waals surface area contributed by atoms with Crippen molar-refractivity contribution >= 4 is 23.7 Å². The quantitative estimate of drug-likeness (QED) is 0.408. The molecule has 0 aliphatic heterocycles. The predicted molar refractivity (Wildman–Crippen MR) is 97.4 cm³/mol. The van der Waals surface area contributed by atoms with Crippen molar-refractivity contribution in [3.05, 3.63) is 63.6 Å². The summed E-state index contributed by atoms with van der Waals surface area (Å²) < 4.78 is 1.81. The Bertz CT molecular complexity index is 981. The molecule has 0 unspecified atom stereocenters. The highest BCUT2D eigenvalue weighted by Crippen LogP contribution is 2.21. The van der Waals surface area contributed by atoms with Crippen LogP contribution >= 0.6 is 0 Å². The van der Waals surface area contributed by atoms with Gasteiger partial charge in [-0.2, -0.15) is 15.2 Å². The molecule has 3 aromatic rings. The number of nitrogens with zero attached hydrogens (tertiary/aromatic N) is 6. The molecule has 2 heterocycles. The van der Waals surface area contributed by atoms with Crippen LogP contribution in [0.15, 0.2) is 41.6 Å². The van der Waals surface area contributed by atoms with Gasteiger partial charge in [0.25, 0.3) is 0 Å². The number of hydrazone groups is 1. The molecule has 0 radical (unpaired) electrons. The summed E-state index contributed by atoms with van der Waals surface area (Å²) in [6.07, 6.45) is 2.57. The Balaban J connectivity index is 1.88. The van der Waals surface area contributed by atoms with Gasteiger partial charge in [-0.15, -0.1) is 0 Å². The molecular weight excluding hydrogens is 336 g/mol. The smallest absolute Gasteiger partial charge is 0.331 e. The topological polar surface area (TPSA) is 137 Å². The van der Waals surface area contributed by atoms with Crippen LogP contribution in [0, 0.1) is 24.0 Å². The zero-order chi connectivity index (χ0) is 18.7. The van der Waals surface area contributed by atoms with Gasteiger partial charge in [0.05, 0.1) is 28.2 Å². The molecule has 0 fully saturated rings. The van der Waals surface area contributed by atoms with Crippen LogP contribution in [0.1, 0.15) is 17.0 Å². The van der Waals surface area contributed by atoms with Crippen molar-refractivity contribution in [1.82, 2.24) is 19.7 Å². The van der Waals surface area contributed by atoms with Gasteiger partial charge in [-0.1, -0.05) is 18.2 Å². The van der Waals surface area contributed by atoms with Gasteiger partial charge in [-0.3, -0.25) is 15.5 Å². The summed E-state index contributed by atoms with van der Waals surface area (Å²) >= 11 is 0. The number of aryl methyl sites for hydroxylation is 1. The summed E-state index contributed by atoms with van der Waals surface area (Å²) in [6.45, 7) is 3.78. The van der Waals surface area contributed by atoms with E-state index in [1.165, 1.54) is 0 Å². The average molecular weight is 352 g/mol. The van der Waals surface area contributed by atoms with Gasteiger partial charge < -0.3 is 5.73 Å². The normalized spacial score (nSPS) is 11.0. The van der Waals surface area contributed by atoms with Crippen molar-refractivity contribution < 1.29 is 4.92 Å². The van der Waals surface area contributed by atoms with Crippen molar-refractivity contribution in [2.75, 3.05) is 11.2 Å². The van der Waals surface area contributed by atoms with Gasteiger partial charge in [-0.25, -0.2) is 9.67 Å². The van der Waals surface area contributed by atoms with E-state index in [-0.39, 0.29) is 17.5 Å². The van der Waals surface area contributed by atoms with E-state index in [0.29, 0.717) is 0 Å². The van der Waals surface area contributed by atoms with Crippen LogP contribution in [0.3, 0.4) is 0 Å². The second-order valence-corrected chi connectivity index (χ2v) is 5.42. The number of para-hydroxylation sites is 1. The summed E-state index contributed by atoms with van der Waals surface area (Å²) in [4.78, 5) is 17.8. The molecule has 132 valence electrons. The Morgan fingerprint density at radius 3 is 2.73 bits per heavy atom. The number of aromatic nitrogens is 4. The van der Waals surface area contributed by atoms with Crippen LogP contribution < -0.4 is 11.2 Å². The molecule has 0 aliphatic rings. The van der Waals surface area contributed by atoms with E-state index in [4.69, 9.17) is 5.73 Å². The lowest BCUT2D eigenvalue weighted by Gasteiger charge is -2.03. The third-order valence-electron chi connectivity index (χ3n) is 3.70. The zero-order valence-electron chi connectivity index (χ0n) is 14.1. The molecule has 3 rings (SSSR count). The third-order valence-corrected chi connectivity index (χ3v) is 3.70. The summed E-state index contributed by atoms with van der Waals surface area (Å²) in [5, 5.41) is 19.6. The van der Waals surface area contributed by atoms with Crippen molar-refractivity contribution in [1.29, 1.82) is 0 Å². The highest BCUT2D eigenvalue weighted by molar-refractivity contribution is 5.83.